The Morgan fingerprint density at radius 3 is 2.75 bits per heavy atom. The topological polar surface area (TPSA) is 26.3 Å². The Kier molecular flexibility index (Phi) is 3.32. The summed E-state index contributed by atoms with van der Waals surface area (Å²) in [6, 6.07) is 0. The van der Waals surface area contributed by atoms with Crippen molar-refractivity contribution < 1.29 is 9.53 Å². The number of ether oxygens (including phenoxy) is 1. The fraction of sp³-hybridized carbons (Fsp3) is 0.700. The molecule has 0 aliphatic heterocycles. The number of carbonyl (C=O) groups is 1. The van der Waals surface area contributed by atoms with Crippen molar-refractivity contribution in [2.24, 2.45) is 0 Å². The molecule has 2 nitrogen and oxygen atoms in total. The van der Waals surface area contributed by atoms with Crippen molar-refractivity contribution in [1.82, 2.24) is 0 Å². The number of Topliss-reactive ketones (excluding diaryl/α,β-unsaturated/α-hetero) is 1. The Bertz CT molecular complexity index is 204. The SMILES string of the molecule is CCCC1=C(OC)CCCC1=O. The highest BCUT2D eigenvalue weighted by Gasteiger charge is 2.19. The zero-order valence-corrected chi connectivity index (χ0v) is 7.85. The smallest absolute Gasteiger partial charge is 0.162 e. The molecule has 1 aliphatic rings. The van der Waals surface area contributed by atoms with E-state index in [0.717, 1.165) is 37.0 Å². The van der Waals surface area contributed by atoms with Crippen LogP contribution in [0.1, 0.15) is 39.0 Å². The molecule has 2 heteroatoms. The van der Waals surface area contributed by atoms with E-state index < -0.39 is 0 Å². The maximum atomic E-state index is 11.4. The fourth-order valence-corrected chi connectivity index (χ4v) is 1.62. The zero-order chi connectivity index (χ0) is 8.97. The third-order valence-corrected chi connectivity index (χ3v) is 2.23. The maximum absolute atomic E-state index is 11.4. The summed E-state index contributed by atoms with van der Waals surface area (Å²) < 4.78 is 5.19. The molecule has 0 amide bonds. The second-order valence-electron chi connectivity index (χ2n) is 3.13. The van der Waals surface area contributed by atoms with Gasteiger partial charge in [-0.15, -0.1) is 0 Å². The van der Waals surface area contributed by atoms with Crippen molar-refractivity contribution in [3.8, 4) is 0 Å². The molecule has 1 rings (SSSR count). The van der Waals surface area contributed by atoms with Crippen LogP contribution in [0.2, 0.25) is 0 Å². The first-order valence-electron chi connectivity index (χ1n) is 4.58. The normalized spacial score (nSPS) is 18.3. The molecule has 0 fully saturated rings. The summed E-state index contributed by atoms with van der Waals surface area (Å²) in [7, 11) is 1.66. The Morgan fingerprint density at radius 1 is 1.42 bits per heavy atom. The van der Waals surface area contributed by atoms with Gasteiger partial charge in [0.1, 0.15) is 5.76 Å². The van der Waals surface area contributed by atoms with Gasteiger partial charge >= 0.3 is 0 Å². The monoisotopic (exact) mass is 168 g/mol. The van der Waals surface area contributed by atoms with Gasteiger partial charge in [0.05, 0.1) is 7.11 Å². The summed E-state index contributed by atoms with van der Waals surface area (Å²) in [6.45, 7) is 2.09. The van der Waals surface area contributed by atoms with Gasteiger partial charge in [-0.1, -0.05) is 13.3 Å². The van der Waals surface area contributed by atoms with E-state index in [2.05, 4.69) is 6.92 Å². The number of allylic oxidation sites excluding steroid dienone is 2. The number of hydrogen-bond acceptors (Lipinski definition) is 2. The Hall–Kier alpha value is -0.790. The third-order valence-electron chi connectivity index (χ3n) is 2.23. The van der Waals surface area contributed by atoms with E-state index in [0.29, 0.717) is 12.2 Å². The van der Waals surface area contributed by atoms with Gasteiger partial charge in [0.25, 0.3) is 0 Å². The van der Waals surface area contributed by atoms with Gasteiger partial charge in [0.15, 0.2) is 5.78 Å². The van der Waals surface area contributed by atoms with Crippen molar-refractivity contribution in [3.05, 3.63) is 11.3 Å². The predicted molar refractivity (Wildman–Crippen MR) is 47.8 cm³/mol. The number of ketones is 1. The number of hydrogen-bond donors (Lipinski definition) is 0. The molecular weight excluding hydrogens is 152 g/mol. The molecule has 12 heavy (non-hydrogen) atoms. The van der Waals surface area contributed by atoms with Crippen LogP contribution in [0, 0.1) is 0 Å². The molecule has 68 valence electrons. The molecule has 0 aromatic heterocycles. The van der Waals surface area contributed by atoms with Gasteiger partial charge < -0.3 is 4.74 Å². The first kappa shape index (κ1) is 9.30. The minimum absolute atomic E-state index is 0.292. The minimum Gasteiger partial charge on any atom is -0.501 e. The van der Waals surface area contributed by atoms with Crippen molar-refractivity contribution in [2.75, 3.05) is 7.11 Å². The molecule has 0 N–H and O–H groups in total. The molecule has 0 saturated heterocycles. The molecule has 1 aliphatic carbocycles. The lowest BCUT2D eigenvalue weighted by atomic mass is 9.93. The average molecular weight is 168 g/mol. The molecule has 0 aromatic rings. The van der Waals surface area contributed by atoms with Crippen LogP contribution < -0.4 is 0 Å². The number of methoxy groups -OCH3 is 1. The molecule has 0 atom stereocenters. The summed E-state index contributed by atoms with van der Waals surface area (Å²) in [5, 5.41) is 0. The van der Waals surface area contributed by atoms with Crippen molar-refractivity contribution in [3.63, 3.8) is 0 Å². The first-order chi connectivity index (χ1) is 5.79. The van der Waals surface area contributed by atoms with Crippen molar-refractivity contribution >= 4 is 5.78 Å². The molecule has 0 aromatic carbocycles. The van der Waals surface area contributed by atoms with E-state index in [9.17, 15) is 4.79 Å². The Labute approximate surface area is 73.6 Å². The van der Waals surface area contributed by atoms with Crippen molar-refractivity contribution in [2.45, 2.75) is 39.0 Å². The van der Waals surface area contributed by atoms with Gasteiger partial charge in [-0.25, -0.2) is 0 Å². The van der Waals surface area contributed by atoms with Crippen LogP contribution in [0.5, 0.6) is 0 Å². The lowest BCUT2D eigenvalue weighted by molar-refractivity contribution is -0.116. The highest BCUT2D eigenvalue weighted by molar-refractivity contribution is 5.96. The predicted octanol–water partition coefficient (Wildman–Crippen LogP) is 2.44. The largest absolute Gasteiger partial charge is 0.501 e. The lowest BCUT2D eigenvalue weighted by Crippen LogP contribution is -2.12. The number of rotatable bonds is 3. The number of carbonyl (C=O) groups excluding carboxylic acids is 1. The third kappa shape index (κ3) is 1.87. The van der Waals surface area contributed by atoms with Crippen LogP contribution in [-0.2, 0) is 9.53 Å². The second-order valence-corrected chi connectivity index (χ2v) is 3.13. The molecule has 0 unspecified atom stereocenters. The molecule has 0 heterocycles. The van der Waals surface area contributed by atoms with E-state index in [1.54, 1.807) is 7.11 Å². The molecule has 0 saturated carbocycles. The van der Waals surface area contributed by atoms with E-state index in [4.69, 9.17) is 4.74 Å². The van der Waals surface area contributed by atoms with Crippen LogP contribution in [0.15, 0.2) is 11.3 Å². The van der Waals surface area contributed by atoms with E-state index >= 15 is 0 Å². The van der Waals surface area contributed by atoms with Crippen LogP contribution in [0.4, 0.5) is 0 Å². The summed E-state index contributed by atoms with van der Waals surface area (Å²) in [6.07, 6.45) is 4.50. The summed E-state index contributed by atoms with van der Waals surface area (Å²) in [5.74, 6) is 1.22. The van der Waals surface area contributed by atoms with Crippen LogP contribution in [-0.4, -0.2) is 12.9 Å². The molecule has 0 radical (unpaired) electrons. The van der Waals surface area contributed by atoms with E-state index in [1.165, 1.54) is 0 Å². The first-order valence-corrected chi connectivity index (χ1v) is 4.58. The minimum atomic E-state index is 0.292. The second kappa shape index (κ2) is 4.29. The Balaban J connectivity index is 2.79. The average Bonchev–Trinajstić information content (AvgIpc) is 2.09. The lowest BCUT2D eigenvalue weighted by Gasteiger charge is -2.17. The summed E-state index contributed by atoms with van der Waals surface area (Å²) in [5.41, 5.74) is 0.936. The van der Waals surface area contributed by atoms with Gasteiger partial charge in [-0.2, -0.15) is 0 Å². The van der Waals surface area contributed by atoms with E-state index in [1.807, 2.05) is 0 Å². The summed E-state index contributed by atoms with van der Waals surface area (Å²) >= 11 is 0. The van der Waals surface area contributed by atoms with Crippen LogP contribution in [0.25, 0.3) is 0 Å². The van der Waals surface area contributed by atoms with Crippen LogP contribution >= 0.6 is 0 Å². The standard InChI is InChI=1S/C10H16O2/c1-3-5-8-9(11)6-4-7-10(8)12-2/h3-7H2,1-2H3. The quantitative estimate of drug-likeness (QED) is 0.647. The van der Waals surface area contributed by atoms with Gasteiger partial charge in [-0.05, 0) is 12.8 Å². The highest BCUT2D eigenvalue weighted by atomic mass is 16.5. The maximum Gasteiger partial charge on any atom is 0.162 e. The summed E-state index contributed by atoms with van der Waals surface area (Å²) in [4.78, 5) is 11.4. The Morgan fingerprint density at radius 2 is 2.17 bits per heavy atom. The van der Waals surface area contributed by atoms with E-state index in [-0.39, 0.29) is 0 Å². The van der Waals surface area contributed by atoms with Gasteiger partial charge in [0, 0.05) is 18.4 Å². The zero-order valence-electron chi connectivity index (χ0n) is 7.85. The highest BCUT2D eigenvalue weighted by Crippen LogP contribution is 2.25. The van der Waals surface area contributed by atoms with Gasteiger partial charge in [-0.3, -0.25) is 4.79 Å². The van der Waals surface area contributed by atoms with Crippen LogP contribution in [0.3, 0.4) is 0 Å². The molecular formula is C10H16O2. The molecule has 0 spiro atoms. The fourth-order valence-electron chi connectivity index (χ4n) is 1.62. The van der Waals surface area contributed by atoms with Gasteiger partial charge in [0.2, 0.25) is 0 Å². The molecule has 0 bridgehead atoms. The van der Waals surface area contributed by atoms with Crippen molar-refractivity contribution in [1.29, 1.82) is 0 Å².